The van der Waals surface area contributed by atoms with Crippen LogP contribution in [0.25, 0.3) is 10.9 Å². The number of nitrogens with one attached hydrogen (secondary N) is 1. The van der Waals surface area contributed by atoms with Crippen molar-refractivity contribution in [1.29, 1.82) is 0 Å². The lowest BCUT2D eigenvalue weighted by Gasteiger charge is -2.11. The summed E-state index contributed by atoms with van der Waals surface area (Å²) in [5, 5.41) is 3.02. The first-order chi connectivity index (χ1) is 11.3. The third-order valence-electron chi connectivity index (χ3n) is 4.98. The van der Waals surface area contributed by atoms with Crippen molar-refractivity contribution in [2.75, 3.05) is 6.61 Å². The highest BCUT2D eigenvalue weighted by Gasteiger charge is 2.32. The number of hydrogen-bond acceptors (Lipinski definition) is 2. The number of nitrogens with two attached hydrogens (primary N) is 1. The summed E-state index contributed by atoms with van der Waals surface area (Å²) < 4.78 is 5.59. The fourth-order valence-corrected chi connectivity index (χ4v) is 3.82. The van der Waals surface area contributed by atoms with Crippen LogP contribution in [0, 0.1) is 0 Å². The lowest BCUT2D eigenvalue weighted by atomic mass is 9.99. The maximum absolute atomic E-state index is 12.7. The molecular weight excluding hydrogens is 288 g/mol. The van der Waals surface area contributed by atoms with Crippen molar-refractivity contribution in [3.8, 4) is 5.75 Å². The van der Waals surface area contributed by atoms with Crippen molar-refractivity contribution in [3.63, 3.8) is 0 Å². The van der Waals surface area contributed by atoms with E-state index in [1.807, 2.05) is 24.3 Å². The molecule has 0 radical (unpaired) electrons. The number of rotatable bonds is 1. The number of hydrogen-bond donors (Lipinski definition) is 2. The van der Waals surface area contributed by atoms with Crippen LogP contribution in [0.5, 0.6) is 5.75 Å². The monoisotopic (exact) mass is 305 g/mol. The number of ether oxygens (including phenoxy) is 1. The smallest absolute Gasteiger partial charge is 0.198 e. The van der Waals surface area contributed by atoms with Gasteiger partial charge in [-0.25, -0.2) is 0 Å². The molecule has 4 nitrogen and oxygen atoms in total. The van der Waals surface area contributed by atoms with E-state index in [4.69, 9.17) is 4.74 Å². The Balaban J connectivity index is 1.68. The molecule has 3 aromatic rings. The predicted octanol–water partition coefficient (Wildman–Crippen LogP) is 1.63. The molecule has 1 atom stereocenters. The molecule has 4 heteroatoms. The highest BCUT2D eigenvalue weighted by atomic mass is 16.5. The van der Waals surface area contributed by atoms with E-state index in [9.17, 15) is 4.79 Å². The van der Waals surface area contributed by atoms with Gasteiger partial charge in [-0.15, -0.1) is 0 Å². The van der Waals surface area contributed by atoms with Gasteiger partial charge in [-0.2, -0.15) is 0 Å². The fraction of sp³-hybridized carbons (Fsp3) is 0.211. The van der Waals surface area contributed by atoms with Gasteiger partial charge >= 0.3 is 0 Å². The Morgan fingerprint density at radius 2 is 2.09 bits per heavy atom. The summed E-state index contributed by atoms with van der Waals surface area (Å²) in [5.74, 6) is 0.999. The molecule has 2 aliphatic rings. The number of H-pyrrole nitrogens is 1. The Labute approximate surface area is 133 Å². The molecule has 0 amide bonds. The van der Waals surface area contributed by atoms with E-state index in [0.29, 0.717) is 0 Å². The zero-order valence-corrected chi connectivity index (χ0v) is 12.6. The van der Waals surface area contributed by atoms with Crippen LogP contribution in [0.4, 0.5) is 0 Å². The van der Waals surface area contributed by atoms with Crippen LogP contribution in [-0.2, 0) is 13.0 Å². The summed E-state index contributed by atoms with van der Waals surface area (Å²) in [6.07, 6.45) is 0.969. The van der Waals surface area contributed by atoms with Crippen LogP contribution < -0.4 is 15.5 Å². The Bertz CT molecular complexity index is 990. The van der Waals surface area contributed by atoms with Crippen molar-refractivity contribution < 1.29 is 10.1 Å². The minimum Gasteiger partial charge on any atom is -0.493 e. The first-order valence-corrected chi connectivity index (χ1v) is 8.04. The molecule has 0 spiro atoms. The van der Waals surface area contributed by atoms with Crippen molar-refractivity contribution in [3.05, 3.63) is 75.1 Å². The van der Waals surface area contributed by atoms with Gasteiger partial charge in [0.1, 0.15) is 12.3 Å². The van der Waals surface area contributed by atoms with Crippen LogP contribution >= 0.6 is 0 Å². The fourth-order valence-electron chi connectivity index (χ4n) is 3.82. The van der Waals surface area contributed by atoms with Crippen molar-refractivity contribution in [1.82, 2.24) is 4.98 Å². The first-order valence-electron chi connectivity index (χ1n) is 8.04. The summed E-state index contributed by atoms with van der Waals surface area (Å²) in [7, 11) is 0. The van der Waals surface area contributed by atoms with Gasteiger partial charge in [0.2, 0.25) is 0 Å². The summed E-state index contributed by atoms with van der Waals surface area (Å²) in [4.78, 5) is 16.2. The molecule has 0 unspecified atom stereocenters. The van der Waals surface area contributed by atoms with Gasteiger partial charge < -0.3 is 15.0 Å². The van der Waals surface area contributed by atoms with Crippen LogP contribution in [0.15, 0.2) is 47.3 Å². The van der Waals surface area contributed by atoms with E-state index in [-0.39, 0.29) is 11.5 Å². The Kier molecular flexibility index (Phi) is 2.64. The van der Waals surface area contributed by atoms with Crippen LogP contribution in [0.1, 0.15) is 28.4 Å². The summed E-state index contributed by atoms with van der Waals surface area (Å²) in [5.41, 5.74) is 5.54. The minimum absolute atomic E-state index is 0.160. The molecule has 0 bridgehead atoms. The number of para-hydroxylation sites is 1. The topological polar surface area (TPSA) is 58.7 Å². The molecule has 5 rings (SSSR count). The average molecular weight is 305 g/mol. The maximum atomic E-state index is 12.7. The zero-order chi connectivity index (χ0) is 15.4. The van der Waals surface area contributed by atoms with E-state index in [2.05, 4.69) is 28.5 Å². The zero-order valence-electron chi connectivity index (χ0n) is 12.6. The molecule has 3 heterocycles. The molecule has 114 valence electrons. The molecule has 0 fully saturated rings. The SMILES string of the molecule is O=c1c2c([nH]c3ccccc13)[C@@H](c1ccc3c(c1)CCO3)[NH2+]C2. The number of benzene rings is 2. The van der Waals surface area contributed by atoms with Crippen molar-refractivity contribution >= 4 is 10.9 Å². The second-order valence-electron chi connectivity index (χ2n) is 6.28. The lowest BCUT2D eigenvalue weighted by molar-refractivity contribution is -0.692. The highest BCUT2D eigenvalue weighted by molar-refractivity contribution is 5.79. The van der Waals surface area contributed by atoms with Gasteiger partial charge in [0.05, 0.1) is 17.9 Å². The van der Waals surface area contributed by atoms with E-state index >= 15 is 0 Å². The highest BCUT2D eigenvalue weighted by Crippen LogP contribution is 2.31. The van der Waals surface area contributed by atoms with Crippen LogP contribution in [-0.4, -0.2) is 11.6 Å². The molecule has 2 aliphatic heterocycles. The predicted molar refractivity (Wildman–Crippen MR) is 87.7 cm³/mol. The standard InChI is InChI=1S/C19H16N2O2/c22-19-13-3-1-2-4-15(13)21-18-14(19)10-20-17(18)12-5-6-16-11(9-12)7-8-23-16/h1-6,9,17,20H,7-8,10H2,(H,21,22)/p+1/t17-/m1/s1. The van der Waals surface area contributed by atoms with Gasteiger partial charge in [-0.1, -0.05) is 12.1 Å². The van der Waals surface area contributed by atoms with Crippen molar-refractivity contribution in [2.45, 2.75) is 19.0 Å². The third kappa shape index (κ3) is 1.85. The Morgan fingerprint density at radius 3 is 3.04 bits per heavy atom. The van der Waals surface area contributed by atoms with E-state index in [0.717, 1.165) is 47.5 Å². The van der Waals surface area contributed by atoms with Gasteiger partial charge in [0, 0.05) is 22.9 Å². The van der Waals surface area contributed by atoms with E-state index < -0.39 is 0 Å². The number of pyridine rings is 1. The summed E-state index contributed by atoms with van der Waals surface area (Å²) in [6, 6.07) is 14.3. The van der Waals surface area contributed by atoms with E-state index in [1.54, 1.807) is 0 Å². The minimum atomic E-state index is 0.160. The lowest BCUT2D eigenvalue weighted by Crippen LogP contribution is -2.81. The number of aromatic nitrogens is 1. The number of quaternary nitrogens is 1. The normalized spacial score (nSPS) is 18.7. The quantitative estimate of drug-likeness (QED) is 0.718. The Hall–Kier alpha value is -2.59. The molecule has 1 aromatic heterocycles. The maximum Gasteiger partial charge on any atom is 0.198 e. The molecule has 23 heavy (non-hydrogen) atoms. The van der Waals surface area contributed by atoms with Crippen molar-refractivity contribution in [2.24, 2.45) is 0 Å². The molecule has 0 saturated heterocycles. The van der Waals surface area contributed by atoms with Gasteiger partial charge in [0.25, 0.3) is 0 Å². The summed E-state index contributed by atoms with van der Waals surface area (Å²) in [6.45, 7) is 1.50. The average Bonchev–Trinajstić information content (AvgIpc) is 3.21. The second kappa shape index (κ2) is 4.70. The second-order valence-corrected chi connectivity index (χ2v) is 6.28. The number of fused-ring (bicyclic) bond motifs is 3. The molecular formula is C19H17N2O2+. The summed E-state index contributed by atoms with van der Waals surface area (Å²) >= 11 is 0. The molecule has 0 saturated carbocycles. The molecule has 2 aromatic carbocycles. The van der Waals surface area contributed by atoms with Crippen LogP contribution in [0.2, 0.25) is 0 Å². The molecule has 3 N–H and O–H groups in total. The molecule has 0 aliphatic carbocycles. The Morgan fingerprint density at radius 1 is 1.17 bits per heavy atom. The van der Waals surface area contributed by atoms with E-state index in [1.165, 1.54) is 11.1 Å². The number of aromatic amines is 1. The third-order valence-corrected chi connectivity index (χ3v) is 4.98. The van der Waals surface area contributed by atoms with Crippen LogP contribution in [0.3, 0.4) is 0 Å². The van der Waals surface area contributed by atoms with Gasteiger partial charge in [-0.05, 0) is 35.9 Å². The van der Waals surface area contributed by atoms with Gasteiger partial charge in [-0.3, -0.25) is 4.79 Å². The largest absolute Gasteiger partial charge is 0.493 e. The van der Waals surface area contributed by atoms with Gasteiger partial charge in [0.15, 0.2) is 11.5 Å². The first kappa shape index (κ1) is 12.9.